The first kappa shape index (κ1) is 25.5. The van der Waals surface area contributed by atoms with Gasteiger partial charge in [-0.1, -0.05) is 35.9 Å². The molecule has 0 aliphatic carbocycles. The zero-order valence-electron chi connectivity index (χ0n) is 20.7. The summed E-state index contributed by atoms with van der Waals surface area (Å²) in [4.78, 5) is 17.3. The molecule has 0 aromatic heterocycles. The van der Waals surface area contributed by atoms with Crippen LogP contribution in [-0.2, 0) is 0 Å². The second kappa shape index (κ2) is 12.4. The summed E-state index contributed by atoms with van der Waals surface area (Å²) in [5.74, 6) is 1.53. The SMILES string of the molecule is COc1cc(Cl)cc(C(=O)N(C)C2CCN(C/C=C/c3ccc(OC4CCNCC4)cc3)CC2)c1. The Bertz CT molecular complexity index is 997. The lowest BCUT2D eigenvalue weighted by molar-refractivity contribution is 0.0650. The molecule has 2 aliphatic heterocycles. The van der Waals surface area contributed by atoms with Crippen LogP contribution < -0.4 is 14.8 Å². The fraction of sp³-hybridized carbons (Fsp3) is 0.464. The average molecular weight is 498 g/mol. The van der Waals surface area contributed by atoms with Gasteiger partial charge in [0.25, 0.3) is 5.91 Å². The van der Waals surface area contributed by atoms with E-state index in [0.717, 1.165) is 64.2 Å². The summed E-state index contributed by atoms with van der Waals surface area (Å²) < 4.78 is 11.3. The molecule has 188 valence electrons. The van der Waals surface area contributed by atoms with Crippen LogP contribution in [0.1, 0.15) is 41.6 Å². The maximum absolute atomic E-state index is 13.0. The highest BCUT2D eigenvalue weighted by atomic mass is 35.5. The molecule has 2 aromatic rings. The van der Waals surface area contributed by atoms with Gasteiger partial charge in [-0.05, 0) is 74.7 Å². The number of carbonyl (C=O) groups is 1. The summed E-state index contributed by atoms with van der Waals surface area (Å²) in [6.45, 7) is 4.91. The first-order chi connectivity index (χ1) is 17.0. The molecule has 7 heteroatoms. The van der Waals surface area contributed by atoms with Gasteiger partial charge in [0.2, 0.25) is 0 Å². The summed E-state index contributed by atoms with van der Waals surface area (Å²) in [6.07, 6.45) is 8.75. The number of rotatable bonds is 8. The van der Waals surface area contributed by atoms with Crippen molar-refractivity contribution in [3.63, 3.8) is 0 Å². The van der Waals surface area contributed by atoms with Crippen molar-refractivity contribution in [3.8, 4) is 11.5 Å². The highest BCUT2D eigenvalue weighted by Crippen LogP contribution is 2.24. The number of benzene rings is 2. The van der Waals surface area contributed by atoms with E-state index in [1.54, 1.807) is 25.3 Å². The molecule has 0 saturated carbocycles. The summed E-state index contributed by atoms with van der Waals surface area (Å²) in [5.41, 5.74) is 1.74. The lowest BCUT2D eigenvalue weighted by atomic mass is 10.0. The van der Waals surface area contributed by atoms with E-state index in [-0.39, 0.29) is 11.9 Å². The molecule has 2 aromatic carbocycles. The predicted octanol–water partition coefficient (Wildman–Crippen LogP) is 4.73. The molecular formula is C28H36ClN3O3. The van der Waals surface area contributed by atoms with Crippen molar-refractivity contribution in [1.29, 1.82) is 0 Å². The van der Waals surface area contributed by atoms with Gasteiger partial charge < -0.3 is 19.7 Å². The smallest absolute Gasteiger partial charge is 0.254 e. The number of amides is 1. The van der Waals surface area contributed by atoms with Crippen LogP contribution in [-0.4, -0.2) is 74.7 Å². The highest BCUT2D eigenvalue weighted by Gasteiger charge is 2.26. The van der Waals surface area contributed by atoms with Gasteiger partial charge in [-0.2, -0.15) is 0 Å². The molecule has 2 aliphatic rings. The quantitative estimate of drug-likeness (QED) is 0.571. The molecule has 6 nitrogen and oxygen atoms in total. The predicted molar refractivity (Wildman–Crippen MR) is 142 cm³/mol. The van der Waals surface area contributed by atoms with Crippen molar-refractivity contribution >= 4 is 23.6 Å². The number of hydrogen-bond donors (Lipinski definition) is 1. The molecule has 1 amide bonds. The minimum absolute atomic E-state index is 0.0169. The van der Waals surface area contributed by atoms with Crippen LogP contribution in [0.15, 0.2) is 48.5 Å². The molecule has 4 rings (SSSR count). The van der Waals surface area contributed by atoms with Gasteiger partial charge in [0, 0.05) is 43.3 Å². The van der Waals surface area contributed by atoms with E-state index < -0.39 is 0 Å². The van der Waals surface area contributed by atoms with Crippen molar-refractivity contribution in [2.45, 2.75) is 37.8 Å². The van der Waals surface area contributed by atoms with Crippen LogP contribution in [0.4, 0.5) is 0 Å². The van der Waals surface area contributed by atoms with Gasteiger partial charge in [0.15, 0.2) is 0 Å². The summed E-state index contributed by atoms with van der Waals surface area (Å²) >= 11 is 6.15. The first-order valence-corrected chi connectivity index (χ1v) is 12.9. The van der Waals surface area contributed by atoms with Crippen molar-refractivity contribution in [2.24, 2.45) is 0 Å². The highest BCUT2D eigenvalue weighted by molar-refractivity contribution is 6.31. The van der Waals surface area contributed by atoms with E-state index in [9.17, 15) is 4.79 Å². The third-order valence-electron chi connectivity index (χ3n) is 6.92. The van der Waals surface area contributed by atoms with E-state index in [1.807, 2.05) is 11.9 Å². The molecule has 35 heavy (non-hydrogen) atoms. The molecular weight excluding hydrogens is 462 g/mol. The Morgan fingerprint density at radius 3 is 2.49 bits per heavy atom. The minimum Gasteiger partial charge on any atom is -0.497 e. The lowest BCUT2D eigenvalue weighted by Gasteiger charge is -2.36. The van der Waals surface area contributed by atoms with E-state index >= 15 is 0 Å². The average Bonchev–Trinajstić information content (AvgIpc) is 2.89. The zero-order chi connectivity index (χ0) is 24.6. The van der Waals surface area contributed by atoms with Crippen LogP contribution in [0.5, 0.6) is 11.5 Å². The fourth-order valence-electron chi connectivity index (χ4n) is 4.76. The Morgan fingerprint density at radius 2 is 1.80 bits per heavy atom. The Hall–Kier alpha value is -2.54. The number of halogens is 1. The number of nitrogens with one attached hydrogen (secondary N) is 1. The molecule has 0 spiro atoms. The van der Waals surface area contributed by atoms with Gasteiger partial charge in [0.05, 0.1) is 7.11 Å². The van der Waals surface area contributed by atoms with Crippen LogP contribution in [0, 0.1) is 0 Å². The van der Waals surface area contributed by atoms with E-state index in [4.69, 9.17) is 21.1 Å². The number of piperidine rings is 2. The monoisotopic (exact) mass is 497 g/mol. The second-order valence-electron chi connectivity index (χ2n) is 9.37. The molecule has 2 fully saturated rings. The van der Waals surface area contributed by atoms with E-state index in [0.29, 0.717) is 22.4 Å². The maximum Gasteiger partial charge on any atom is 0.254 e. The molecule has 2 heterocycles. The molecule has 1 N–H and O–H groups in total. The fourth-order valence-corrected chi connectivity index (χ4v) is 4.99. The number of hydrogen-bond acceptors (Lipinski definition) is 5. The Kier molecular flexibility index (Phi) is 9.07. The number of carbonyl (C=O) groups excluding carboxylic acids is 1. The van der Waals surface area contributed by atoms with Gasteiger partial charge in [0.1, 0.15) is 17.6 Å². The standard InChI is InChI=1S/C28H36ClN3O3/c1-31(28(33)22-18-23(29)20-27(19-22)34-2)24-11-16-32(17-12-24)15-3-4-21-5-7-25(8-6-21)35-26-9-13-30-14-10-26/h3-8,18-20,24,26,30H,9-17H2,1-2H3/b4-3+. The van der Waals surface area contributed by atoms with Gasteiger partial charge >= 0.3 is 0 Å². The summed E-state index contributed by atoms with van der Waals surface area (Å²) in [7, 11) is 3.46. The molecule has 0 atom stereocenters. The van der Waals surface area contributed by atoms with Gasteiger partial charge in [-0.3, -0.25) is 9.69 Å². The van der Waals surface area contributed by atoms with E-state index in [2.05, 4.69) is 46.6 Å². The van der Waals surface area contributed by atoms with Crippen LogP contribution >= 0.6 is 11.6 Å². The Morgan fingerprint density at radius 1 is 1.09 bits per heavy atom. The minimum atomic E-state index is -0.0169. The first-order valence-electron chi connectivity index (χ1n) is 12.5. The lowest BCUT2D eigenvalue weighted by Crippen LogP contribution is -2.45. The summed E-state index contributed by atoms with van der Waals surface area (Å²) in [5, 5.41) is 3.87. The van der Waals surface area contributed by atoms with Crippen LogP contribution in [0.25, 0.3) is 6.08 Å². The van der Waals surface area contributed by atoms with Crippen molar-refractivity contribution < 1.29 is 14.3 Å². The number of ether oxygens (including phenoxy) is 2. The molecule has 0 bridgehead atoms. The van der Waals surface area contributed by atoms with Crippen molar-refractivity contribution in [1.82, 2.24) is 15.1 Å². The number of methoxy groups -OCH3 is 1. The Balaban J connectivity index is 1.22. The topological polar surface area (TPSA) is 54.0 Å². The van der Waals surface area contributed by atoms with Crippen LogP contribution in [0.2, 0.25) is 5.02 Å². The van der Waals surface area contributed by atoms with Crippen LogP contribution in [0.3, 0.4) is 0 Å². The third kappa shape index (κ3) is 7.23. The number of likely N-dealkylation sites (tertiary alicyclic amines) is 1. The largest absolute Gasteiger partial charge is 0.497 e. The van der Waals surface area contributed by atoms with E-state index in [1.165, 1.54) is 5.56 Å². The van der Waals surface area contributed by atoms with Gasteiger partial charge in [-0.15, -0.1) is 0 Å². The van der Waals surface area contributed by atoms with Crippen molar-refractivity contribution in [3.05, 3.63) is 64.7 Å². The Labute approximate surface area is 213 Å². The maximum atomic E-state index is 13.0. The molecule has 0 unspecified atom stereocenters. The number of nitrogens with zero attached hydrogens (tertiary/aromatic N) is 2. The van der Waals surface area contributed by atoms with Gasteiger partial charge in [-0.25, -0.2) is 0 Å². The zero-order valence-corrected chi connectivity index (χ0v) is 21.5. The summed E-state index contributed by atoms with van der Waals surface area (Å²) in [6, 6.07) is 13.7. The second-order valence-corrected chi connectivity index (χ2v) is 9.80. The molecule has 2 saturated heterocycles. The van der Waals surface area contributed by atoms with Crippen molar-refractivity contribution in [2.75, 3.05) is 46.9 Å². The third-order valence-corrected chi connectivity index (χ3v) is 7.14. The molecule has 0 radical (unpaired) electrons. The normalized spacial score (nSPS) is 18.0.